The quantitative estimate of drug-likeness (QED) is 0.772. The third kappa shape index (κ3) is 4.25. The van der Waals surface area contributed by atoms with E-state index in [4.69, 9.17) is 5.26 Å². The van der Waals surface area contributed by atoms with Gasteiger partial charge in [-0.25, -0.2) is 4.79 Å². The summed E-state index contributed by atoms with van der Waals surface area (Å²) in [5.74, 6) is 0. The van der Waals surface area contributed by atoms with Crippen LogP contribution in [0.25, 0.3) is 0 Å². The van der Waals surface area contributed by atoms with Crippen LogP contribution in [0.15, 0.2) is 18.2 Å². The lowest BCUT2D eigenvalue weighted by Crippen LogP contribution is -2.50. The highest BCUT2D eigenvalue weighted by atomic mass is 16.3. The fourth-order valence-electron chi connectivity index (χ4n) is 1.99. The normalized spacial score (nSPS) is 13.2. The molecular formula is C15H21N3O2. The van der Waals surface area contributed by atoms with Gasteiger partial charge in [0.15, 0.2) is 0 Å². The number of urea groups is 1. The molecule has 0 aliphatic carbocycles. The molecule has 3 N–H and O–H groups in total. The summed E-state index contributed by atoms with van der Waals surface area (Å²) in [6.45, 7) is 5.53. The fraction of sp³-hybridized carbons (Fsp3) is 0.467. The maximum Gasteiger partial charge on any atom is 0.319 e. The van der Waals surface area contributed by atoms with Gasteiger partial charge in [-0.15, -0.1) is 0 Å². The number of aliphatic hydroxyl groups excluding tert-OH is 1. The number of anilines is 1. The van der Waals surface area contributed by atoms with Crippen molar-refractivity contribution in [1.29, 1.82) is 5.26 Å². The monoisotopic (exact) mass is 275 g/mol. The van der Waals surface area contributed by atoms with Crippen LogP contribution in [-0.4, -0.2) is 23.3 Å². The number of nitrogens with zero attached hydrogens (tertiary/aromatic N) is 1. The summed E-state index contributed by atoms with van der Waals surface area (Å²) in [5, 5.41) is 23.7. The van der Waals surface area contributed by atoms with Gasteiger partial charge in [-0.2, -0.15) is 5.26 Å². The molecule has 0 aliphatic heterocycles. The largest absolute Gasteiger partial charge is 0.394 e. The van der Waals surface area contributed by atoms with Crippen molar-refractivity contribution in [2.24, 2.45) is 0 Å². The highest BCUT2D eigenvalue weighted by Gasteiger charge is 2.24. The minimum Gasteiger partial charge on any atom is -0.394 e. The molecule has 2 amide bonds. The smallest absolute Gasteiger partial charge is 0.319 e. The van der Waals surface area contributed by atoms with Crippen LogP contribution in [-0.2, 0) is 0 Å². The molecule has 0 saturated heterocycles. The molecule has 0 radical (unpaired) electrons. The molecule has 5 nitrogen and oxygen atoms in total. The Bertz CT molecular complexity index is 522. The van der Waals surface area contributed by atoms with Gasteiger partial charge in [-0.1, -0.05) is 19.4 Å². The number of carbonyl (C=O) groups excluding carboxylic acids is 1. The minimum absolute atomic E-state index is 0.120. The van der Waals surface area contributed by atoms with Gasteiger partial charge in [0.25, 0.3) is 0 Å². The Labute approximate surface area is 119 Å². The molecular weight excluding hydrogens is 254 g/mol. The number of aryl methyl sites for hydroxylation is 1. The first kappa shape index (κ1) is 16.0. The van der Waals surface area contributed by atoms with Crippen LogP contribution in [0.4, 0.5) is 10.5 Å². The number of aliphatic hydroxyl groups is 1. The summed E-state index contributed by atoms with van der Waals surface area (Å²) >= 11 is 0. The third-order valence-corrected chi connectivity index (χ3v) is 3.18. The first-order valence-electron chi connectivity index (χ1n) is 6.65. The molecule has 0 saturated carbocycles. The van der Waals surface area contributed by atoms with Gasteiger partial charge in [0.05, 0.1) is 23.8 Å². The second-order valence-electron chi connectivity index (χ2n) is 5.19. The average Bonchev–Trinajstić information content (AvgIpc) is 2.41. The van der Waals surface area contributed by atoms with Crippen molar-refractivity contribution >= 4 is 11.7 Å². The number of benzene rings is 1. The number of nitriles is 1. The summed E-state index contributed by atoms with van der Waals surface area (Å²) in [6, 6.07) is 6.77. The molecule has 1 aromatic carbocycles. The van der Waals surface area contributed by atoms with Crippen LogP contribution >= 0.6 is 0 Å². The van der Waals surface area contributed by atoms with Gasteiger partial charge in [-0.3, -0.25) is 0 Å². The fourth-order valence-corrected chi connectivity index (χ4v) is 1.99. The average molecular weight is 275 g/mol. The summed E-state index contributed by atoms with van der Waals surface area (Å²) in [6.07, 6.45) is 1.55. The number of hydrogen-bond donors (Lipinski definition) is 3. The van der Waals surface area contributed by atoms with E-state index in [1.165, 1.54) is 0 Å². The molecule has 0 aromatic heterocycles. The first-order valence-corrected chi connectivity index (χ1v) is 6.65. The summed E-state index contributed by atoms with van der Waals surface area (Å²) < 4.78 is 0. The van der Waals surface area contributed by atoms with Crippen LogP contribution in [0, 0.1) is 18.3 Å². The van der Waals surface area contributed by atoms with Crippen molar-refractivity contribution in [3.8, 4) is 6.07 Å². The Balaban J connectivity index is 2.78. The molecule has 1 rings (SSSR count). The maximum atomic E-state index is 12.0. The van der Waals surface area contributed by atoms with Crippen LogP contribution in [0.3, 0.4) is 0 Å². The molecule has 20 heavy (non-hydrogen) atoms. The van der Waals surface area contributed by atoms with Crippen molar-refractivity contribution in [2.45, 2.75) is 39.2 Å². The molecule has 1 aromatic rings. The molecule has 0 spiro atoms. The number of nitrogens with one attached hydrogen (secondary N) is 2. The Hall–Kier alpha value is -2.06. The van der Waals surface area contributed by atoms with Crippen molar-refractivity contribution in [3.63, 3.8) is 0 Å². The maximum absolute atomic E-state index is 12.0. The standard InChI is InChI=1S/C15H21N3O2/c1-4-7-15(3,10-19)18-14(20)17-13-8-12(9-16)6-5-11(13)2/h5-6,8,19H,4,7,10H2,1-3H3,(H2,17,18,20). The Morgan fingerprint density at radius 1 is 1.50 bits per heavy atom. The Morgan fingerprint density at radius 3 is 2.75 bits per heavy atom. The van der Waals surface area contributed by atoms with E-state index in [0.29, 0.717) is 17.7 Å². The lowest BCUT2D eigenvalue weighted by Gasteiger charge is -2.28. The van der Waals surface area contributed by atoms with E-state index in [9.17, 15) is 9.90 Å². The van der Waals surface area contributed by atoms with E-state index in [-0.39, 0.29) is 12.6 Å². The summed E-state index contributed by atoms with van der Waals surface area (Å²) in [4.78, 5) is 12.0. The van der Waals surface area contributed by atoms with Crippen LogP contribution < -0.4 is 10.6 Å². The second-order valence-corrected chi connectivity index (χ2v) is 5.19. The van der Waals surface area contributed by atoms with Gasteiger partial charge in [0.1, 0.15) is 0 Å². The Morgan fingerprint density at radius 2 is 2.20 bits per heavy atom. The van der Waals surface area contributed by atoms with Gasteiger partial charge in [0, 0.05) is 5.69 Å². The minimum atomic E-state index is -0.639. The molecule has 1 unspecified atom stereocenters. The number of carbonyl (C=O) groups is 1. The van der Waals surface area contributed by atoms with E-state index < -0.39 is 5.54 Å². The molecule has 0 bridgehead atoms. The van der Waals surface area contributed by atoms with Gasteiger partial charge >= 0.3 is 6.03 Å². The van der Waals surface area contributed by atoms with E-state index in [0.717, 1.165) is 12.0 Å². The number of rotatable bonds is 5. The highest BCUT2D eigenvalue weighted by molar-refractivity contribution is 5.90. The molecule has 0 fully saturated rings. The zero-order valence-electron chi connectivity index (χ0n) is 12.2. The molecule has 108 valence electrons. The predicted octanol–water partition coefficient (Wildman–Crippen LogP) is 2.54. The van der Waals surface area contributed by atoms with Crippen LogP contribution in [0.2, 0.25) is 0 Å². The van der Waals surface area contributed by atoms with Gasteiger partial charge in [-0.05, 0) is 38.0 Å². The first-order chi connectivity index (χ1) is 9.44. The topological polar surface area (TPSA) is 85.2 Å². The van der Waals surface area contributed by atoms with Gasteiger partial charge in [0.2, 0.25) is 0 Å². The SMILES string of the molecule is CCCC(C)(CO)NC(=O)Nc1cc(C#N)ccc1C. The van der Waals surface area contributed by atoms with Crippen LogP contribution in [0.1, 0.15) is 37.8 Å². The molecule has 1 atom stereocenters. The zero-order chi connectivity index (χ0) is 15.2. The predicted molar refractivity (Wildman–Crippen MR) is 78.4 cm³/mol. The van der Waals surface area contributed by atoms with E-state index in [1.807, 2.05) is 19.9 Å². The summed E-state index contributed by atoms with van der Waals surface area (Å²) in [7, 11) is 0. The lowest BCUT2D eigenvalue weighted by atomic mass is 9.97. The highest BCUT2D eigenvalue weighted by Crippen LogP contribution is 2.17. The lowest BCUT2D eigenvalue weighted by molar-refractivity contribution is 0.167. The molecule has 0 heterocycles. The van der Waals surface area contributed by atoms with Crippen molar-refractivity contribution in [2.75, 3.05) is 11.9 Å². The van der Waals surface area contributed by atoms with Gasteiger partial charge < -0.3 is 15.7 Å². The van der Waals surface area contributed by atoms with Crippen molar-refractivity contribution in [3.05, 3.63) is 29.3 Å². The number of amides is 2. The third-order valence-electron chi connectivity index (χ3n) is 3.18. The van der Waals surface area contributed by atoms with Crippen molar-refractivity contribution in [1.82, 2.24) is 5.32 Å². The zero-order valence-corrected chi connectivity index (χ0v) is 12.2. The Kier molecular flexibility index (Phi) is 5.53. The van der Waals surface area contributed by atoms with Crippen LogP contribution in [0.5, 0.6) is 0 Å². The summed E-state index contributed by atoms with van der Waals surface area (Å²) in [5.41, 5.74) is 1.32. The number of hydrogen-bond acceptors (Lipinski definition) is 3. The van der Waals surface area contributed by atoms with E-state index >= 15 is 0 Å². The molecule has 0 aliphatic rings. The van der Waals surface area contributed by atoms with E-state index in [2.05, 4.69) is 10.6 Å². The molecule has 5 heteroatoms. The second kappa shape index (κ2) is 6.92. The van der Waals surface area contributed by atoms with E-state index in [1.54, 1.807) is 25.1 Å². The van der Waals surface area contributed by atoms with Crippen molar-refractivity contribution < 1.29 is 9.90 Å².